The molecular weight excluding hydrogens is 352 g/mol. The third kappa shape index (κ3) is 3.30. The van der Waals surface area contributed by atoms with E-state index in [2.05, 4.69) is 35.7 Å². The van der Waals surface area contributed by atoms with Crippen LogP contribution in [0.2, 0.25) is 0 Å². The molecule has 5 aliphatic rings. The first kappa shape index (κ1) is 18.3. The van der Waals surface area contributed by atoms with Crippen molar-refractivity contribution in [1.82, 2.24) is 5.32 Å². The normalized spacial score (nSPS) is 44.4. The van der Waals surface area contributed by atoms with Gasteiger partial charge in [0.15, 0.2) is 0 Å². The number of fused-ring (bicyclic) bond motifs is 3. The second-order valence-corrected chi connectivity index (χ2v) is 8.56. The summed E-state index contributed by atoms with van der Waals surface area (Å²) in [5.74, 6) is 1.84. The maximum atomic E-state index is 10.4. The van der Waals surface area contributed by atoms with E-state index in [1.807, 2.05) is 12.2 Å². The molecule has 2 aliphatic heterocycles. The summed E-state index contributed by atoms with van der Waals surface area (Å²) >= 11 is 0. The summed E-state index contributed by atoms with van der Waals surface area (Å²) in [5, 5.41) is 13.8. The minimum Gasteiger partial charge on any atom is -0.388 e. The highest BCUT2D eigenvalue weighted by Crippen LogP contribution is 2.42. The van der Waals surface area contributed by atoms with Crippen molar-refractivity contribution in [3.05, 3.63) is 48.1 Å². The molecule has 0 bridgehead atoms. The van der Waals surface area contributed by atoms with Crippen LogP contribution in [0.15, 0.2) is 53.1 Å². The zero-order chi connectivity index (χ0) is 19.1. The summed E-state index contributed by atoms with van der Waals surface area (Å²) in [6.07, 6.45) is 20.3. The van der Waals surface area contributed by atoms with Crippen molar-refractivity contribution in [3.8, 4) is 0 Å². The third-order valence-electron chi connectivity index (χ3n) is 6.88. The monoisotopic (exact) mass is 382 g/mol. The van der Waals surface area contributed by atoms with Gasteiger partial charge in [-0.15, -0.1) is 0 Å². The summed E-state index contributed by atoms with van der Waals surface area (Å²) in [7, 11) is 1.73. The van der Waals surface area contributed by atoms with Gasteiger partial charge in [0.1, 0.15) is 12.1 Å². The topological polar surface area (TPSA) is 63.1 Å². The average molecular weight is 383 g/mol. The number of aliphatic imine (C=N–C) groups is 1. The average Bonchev–Trinajstić information content (AvgIpc) is 3.11. The summed E-state index contributed by atoms with van der Waals surface area (Å²) < 4.78 is 12.0. The fourth-order valence-electron chi connectivity index (χ4n) is 5.32. The molecule has 0 aromatic heterocycles. The number of nitrogens with zero attached hydrogens (tertiary/aromatic N) is 1. The number of hydrogen-bond acceptors (Lipinski definition) is 5. The van der Waals surface area contributed by atoms with Gasteiger partial charge in [0, 0.05) is 31.3 Å². The van der Waals surface area contributed by atoms with E-state index < -0.39 is 6.10 Å². The van der Waals surface area contributed by atoms with Gasteiger partial charge >= 0.3 is 0 Å². The Hall–Kier alpha value is -1.69. The maximum absolute atomic E-state index is 10.4. The Bertz CT molecular complexity index is 753. The first-order chi connectivity index (χ1) is 13.7. The lowest BCUT2D eigenvalue weighted by atomic mass is 9.79. The van der Waals surface area contributed by atoms with Gasteiger partial charge in [-0.3, -0.25) is 4.99 Å². The van der Waals surface area contributed by atoms with Gasteiger partial charge in [-0.25, -0.2) is 0 Å². The van der Waals surface area contributed by atoms with Crippen LogP contribution in [0.25, 0.3) is 0 Å². The summed E-state index contributed by atoms with van der Waals surface area (Å²) in [6, 6.07) is 0.0401. The van der Waals surface area contributed by atoms with Crippen molar-refractivity contribution in [2.24, 2.45) is 22.7 Å². The van der Waals surface area contributed by atoms with Crippen molar-refractivity contribution < 1.29 is 14.6 Å². The first-order valence-electron chi connectivity index (χ1n) is 10.7. The lowest BCUT2D eigenvalue weighted by molar-refractivity contribution is 0.0517. The Morgan fingerprint density at radius 2 is 2.00 bits per heavy atom. The van der Waals surface area contributed by atoms with Crippen LogP contribution in [0.3, 0.4) is 0 Å². The number of rotatable bonds is 3. The number of methoxy groups -OCH3 is 1. The maximum Gasteiger partial charge on any atom is 0.130 e. The molecule has 0 saturated carbocycles. The van der Waals surface area contributed by atoms with E-state index in [4.69, 9.17) is 14.5 Å². The minimum atomic E-state index is -0.482. The standard InChI is InChI=1S/C23H30N2O3/c1-27-22-13-18(24-23(25-22)17-7-2-4-8-19(17)26)14-10-11-16-15-6-3-5-9-20(15)28-21(16)12-14/h3-4,6,8,10-12,15-22,26H,2,5,7,9,13H2,1H3,(H,24,25). The SMILES string of the molecule is COC1CC(C2=CC3OC4CCC=CC4C3C=C2)N=C(C2CCC=CC2O)N1. The molecule has 0 aromatic rings. The molecule has 0 aromatic carbocycles. The zero-order valence-electron chi connectivity index (χ0n) is 16.4. The van der Waals surface area contributed by atoms with Crippen LogP contribution in [0.4, 0.5) is 0 Å². The van der Waals surface area contributed by atoms with Gasteiger partial charge in [-0.05, 0) is 37.3 Å². The van der Waals surface area contributed by atoms with Crippen LogP contribution < -0.4 is 5.32 Å². The largest absolute Gasteiger partial charge is 0.388 e. The molecule has 0 radical (unpaired) electrons. The van der Waals surface area contributed by atoms with Gasteiger partial charge < -0.3 is 19.9 Å². The number of ether oxygens (including phenoxy) is 2. The van der Waals surface area contributed by atoms with E-state index >= 15 is 0 Å². The lowest BCUT2D eigenvalue weighted by Gasteiger charge is -2.35. The molecule has 0 amide bonds. The number of aliphatic hydroxyl groups is 1. The molecule has 5 heteroatoms. The molecule has 0 spiro atoms. The molecule has 5 nitrogen and oxygen atoms in total. The fraction of sp³-hybridized carbons (Fsp3) is 0.609. The highest BCUT2D eigenvalue weighted by molar-refractivity contribution is 5.86. The van der Waals surface area contributed by atoms with Crippen molar-refractivity contribution in [2.45, 2.75) is 62.7 Å². The summed E-state index contributed by atoms with van der Waals surface area (Å²) in [5.41, 5.74) is 1.21. The second kappa shape index (κ2) is 7.62. The van der Waals surface area contributed by atoms with Crippen LogP contribution in [-0.2, 0) is 9.47 Å². The second-order valence-electron chi connectivity index (χ2n) is 8.56. The lowest BCUT2D eigenvalue weighted by Crippen LogP contribution is -2.49. The zero-order valence-corrected chi connectivity index (χ0v) is 16.4. The van der Waals surface area contributed by atoms with Gasteiger partial charge in [-0.2, -0.15) is 0 Å². The number of nitrogens with one attached hydrogen (secondary N) is 1. The molecule has 8 atom stereocenters. The predicted molar refractivity (Wildman–Crippen MR) is 109 cm³/mol. The van der Waals surface area contributed by atoms with Gasteiger partial charge in [0.25, 0.3) is 0 Å². The van der Waals surface area contributed by atoms with Gasteiger partial charge in [0.05, 0.1) is 24.4 Å². The Morgan fingerprint density at radius 1 is 1.14 bits per heavy atom. The van der Waals surface area contributed by atoms with Crippen molar-refractivity contribution in [3.63, 3.8) is 0 Å². The Balaban J connectivity index is 1.39. The molecule has 8 unspecified atom stereocenters. The van der Waals surface area contributed by atoms with E-state index in [1.54, 1.807) is 7.11 Å². The number of amidine groups is 1. The highest BCUT2D eigenvalue weighted by atomic mass is 16.5. The Labute approximate surface area is 166 Å². The smallest absolute Gasteiger partial charge is 0.130 e. The highest BCUT2D eigenvalue weighted by Gasteiger charge is 2.43. The third-order valence-corrected chi connectivity index (χ3v) is 6.88. The molecule has 1 saturated heterocycles. The van der Waals surface area contributed by atoms with Crippen LogP contribution in [0, 0.1) is 17.8 Å². The summed E-state index contributed by atoms with van der Waals surface area (Å²) in [6.45, 7) is 0. The molecule has 5 rings (SSSR count). The van der Waals surface area contributed by atoms with E-state index in [9.17, 15) is 5.11 Å². The van der Waals surface area contributed by atoms with E-state index in [-0.39, 0.29) is 24.3 Å². The van der Waals surface area contributed by atoms with Gasteiger partial charge in [-0.1, -0.05) is 36.5 Å². The Morgan fingerprint density at radius 3 is 2.86 bits per heavy atom. The predicted octanol–water partition coefficient (Wildman–Crippen LogP) is 2.89. The van der Waals surface area contributed by atoms with Crippen LogP contribution in [0.5, 0.6) is 0 Å². The number of allylic oxidation sites excluding steroid dienone is 2. The molecule has 3 aliphatic carbocycles. The van der Waals surface area contributed by atoms with Gasteiger partial charge in [0.2, 0.25) is 0 Å². The fourth-order valence-corrected chi connectivity index (χ4v) is 5.32. The molecule has 2 heterocycles. The first-order valence-corrected chi connectivity index (χ1v) is 10.7. The minimum absolute atomic E-state index is 0.0158. The van der Waals surface area contributed by atoms with Crippen LogP contribution in [-0.4, -0.2) is 48.6 Å². The quantitative estimate of drug-likeness (QED) is 0.737. The molecular formula is C23H30N2O3. The van der Waals surface area contributed by atoms with Crippen molar-refractivity contribution >= 4 is 5.84 Å². The molecule has 1 fully saturated rings. The molecule has 2 N–H and O–H groups in total. The van der Waals surface area contributed by atoms with E-state index in [1.165, 1.54) is 5.57 Å². The van der Waals surface area contributed by atoms with Crippen LogP contribution >= 0.6 is 0 Å². The summed E-state index contributed by atoms with van der Waals surface area (Å²) in [4.78, 5) is 5.03. The number of hydrogen-bond donors (Lipinski definition) is 2. The van der Waals surface area contributed by atoms with E-state index in [0.29, 0.717) is 17.9 Å². The molecule has 28 heavy (non-hydrogen) atoms. The van der Waals surface area contributed by atoms with Crippen LogP contribution in [0.1, 0.15) is 32.1 Å². The number of aliphatic hydroxyl groups excluding tert-OH is 1. The Kier molecular flexibility index (Phi) is 4.99. The van der Waals surface area contributed by atoms with Crippen molar-refractivity contribution in [2.75, 3.05) is 7.11 Å². The molecule has 150 valence electrons. The van der Waals surface area contributed by atoms with Crippen molar-refractivity contribution in [1.29, 1.82) is 0 Å². The van der Waals surface area contributed by atoms with E-state index in [0.717, 1.165) is 37.9 Å².